The van der Waals surface area contributed by atoms with Crippen LogP contribution in [0.2, 0.25) is 0 Å². The second-order valence-corrected chi connectivity index (χ2v) is 6.16. The lowest BCUT2D eigenvalue weighted by Crippen LogP contribution is -2.02. The van der Waals surface area contributed by atoms with Crippen molar-refractivity contribution < 1.29 is 17.9 Å². The minimum absolute atomic E-state index is 0.0388. The minimum atomic E-state index is -3.05. The van der Waals surface area contributed by atoms with Gasteiger partial charge in [-0.05, 0) is 23.9 Å². The van der Waals surface area contributed by atoms with Crippen molar-refractivity contribution in [1.82, 2.24) is 0 Å². The molecule has 0 aromatic carbocycles. The Balaban J connectivity index is 2.77. The summed E-state index contributed by atoms with van der Waals surface area (Å²) in [4.78, 5) is 11.7. The summed E-state index contributed by atoms with van der Waals surface area (Å²) in [5, 5.41) is 1.66. The summed E-state index contributed by atoms with van der Waals surface area (Å²) in [5.74, 6) is -0.439. The molecule has 0 bridgehead atoms. The second kappa shape index (κ2) is 4.76. The predicted molar refractivity (Wildman–Crippen MR) is 58.8 cm³/mol. The smallest absolute Gasteiger partial charge is 0.348 e. The summed E-state index contributed by atoms with van der Waals surface area (Å²) in [7, 11) is -3.05. The first-order valence-corrected chi connectivity index (χ1v) is 7.28. The second-order valence-electron chi connectivity index (χ2n) is 3.11. The van der Waals surface area contributed by atoms with Crippen molar-refractivity contribution in [3.05, 3.63) is 21.9 Å². The molecular formula is C9H12O4S2. The average molecular weight is 248 g/mol. The topological polar surface area (TPSA) is 60.4 Å². The number of esters is 1. The Morgan fingerprint density at radius 2 is 2.20 bits per heavy atom. The van der Waals surface area contributed by atoms with Crippen LogP contribution in [0.15, 0.2) is 11.4 Å². The molecular weight excluding hydrogens is 236 g/mol. The number of sulfone groups is 1. The first kappa shape index (κ1) is 12.2. The molecule has 0 aliphatic carbocycles. The van der Waals surface area contributed by atoms with E-state index >= 15 is 0 Å². The molecule has 1 heterocycles. The lowest BCUT2D eigenvalue weighted by atomic mass is 10.3. The molecule has 0 radical (unpaired) electrons. The van der Waals surface area contributed by atoms with E-state index in [0.29, 0.717) is 17.0 Å². The summed E-state index contributed by atoms with van der Waals surface area (Å²) >= 11 is 1.20. The summed E-state index contributed by atoms with van der Waals surface area (Å²) in [6.07, 6.45) is 1.16. The lowest BCUT2D eigenvalue weighted by Gasteiger charge is -1.96. The van der Waals surface area contributed by atoms with Crippen LogP contribution in [0.5, 0.6) is 0 Å². The molecule has 84 valence electrons. The molecule has 1 aromatic rings. The van der Waals surface area contributed by atoms with Crippen LogP contribution >= 0.6 is 11.3 Å². The van der Waals surface area contributed by atoms with E-state index in [4.69, 9.17) is 4.74 Å². The van der Waals surface area contributed by atoms with Gasteiger partial charge in [-0.25, -0.2) is 13.2 Å². The highest BCUT2D eigenvalue weighted by atomic mass is 32.2. The Morgan fingerprint density at radius 3 is 2.73 bits per heavy atom. The number of ether oxygens (including phenoxy) is 1. The number of carbonyl (C=O) groups is 1. The molecule has 4 nitrogen and oxygen atoms in total. The quantitative estimate of drug-likeness (QED) is 0.757. The normalized spacial score (nSPS) is 11.3. The van der Waals surface area contributed by atoms with E-state index in [1.165, 1.54) is 11.3 Å². The van der Waals surface area contributed by atoms with Crippen LogP contribution in [-0.2, 0) is 20.3 Å². The fourth-order valence-electron chi connectivity index (χ4n) is 1.06. The van der Waals surface area contributed by atoms with Crippen molar-refractivity contribution in [3.8, 4) is 0 Å². The number of thiophene rings is 1. The molecule has 6 heteroatoms. The molecule has 1 aromatic heterocycles. The lowest BCUT2D eigenvalue weighted by molar-refractivity contribution is 0.0532. The van der Waals surface area contributed by atoms with Crippen molar-refractivity contribution in [3.63, 3.8) is 0 Å². The van der Waals surface area contributed by atoms with E-state index in [-0.39, 0.29) is 5.75 Å². The van der Waals surface area contributed by atoms with Gasteiger partial charge in [0.2, 0.25) is 0 Å². The number of hydrogen-bond donors (Lipinski definition) is 0. The van der Waals surface area contributed by atoms with E-state index in [0.717, 1.165) is 6.26 Å². The molecule has 15 heavy (non-hydrogen) atoms. The Bertz CT molecular complexity index is 444. The Labute approximate surface area is 92.8 Å². The molecule has 0 spiro atoms. The molecule has 0 aliphatic rings. The molecule has 0 unspecified atom stereocenters. The zero-order chi connectivity index (χ0) is 11.5. The van der Waals surface area contributed by atoms with Gasteiger partial charge in [0.05, 0.1) is 12.4 Å². The Morgan fingerprint density at radius 1 is 1.53 bits per heavy atom. The van der Waals surface area contributed by atoms with Gasteiger partial charge in [0, 0.05) is 6.26 Å². The van der Waals surface area contributed by atoms with Crippen molar-refractivity contribution in [2.45, 2.75) is 12.7 Å². The van der Waals surface area contributed by atoms with E-state index in [2.05, 4.69) is 0 Å². The molecule has 0 N–H and O–H groups in total. The first-order valence-electron chi connectivity index (χ1n) is 4.34. The number of rotatable bonds is 4. The Kier molecular flexibility index (Phi) is 3.87. The van der Waals surface area contributed by atoms with Gasteiger partial charge in [0.1, 0.15) is 4.88 Å². The Hall–Kier alpha value is -0.880. The van der Waals surface area contributed by atoms with E-state index < -0.39 is 15.8 Å². The van der Waals surface area contributed by atoms with E-state index in [1.54, 1.807) is 18.4 Å². The van der Waals surface area contributed by atoms with E-state index in [9.17, 15) is 13.2 Å². The third-order valence-electron chi connectivity index (χ3n) is 1.56. The highest BCUT2D eigenvalue weighted by molar-refractivity contribution is 7.89. The molecule has 0 amide bonds. The maximum atomic E-state index is 11.3. The van der Waals surface area contributed by atoms with Crippen LogP contribution in [0.4, 0.5) is 0 Å². The van der Waals surface area contributed by atoms with Gasteiger partial charge in [-0.15, -0.1) is 11.3 Å². The van der Waals surface area contributed by atoms with Crippen LogP contribution in [0, 0.1) is 0 Å². The third kappa shape index (κ3) is 4.01. The van der Waals surface area contributed by atoms with Gasteiger partial charge in [-0.2, -0.15) is 0 Å². The van der Waals surface area contributed by atoms with Gasteiger partial charge in [0.15, 0.2) is 9.84 Å². The SMILES string of the molecule is CCOC(=O)c1cc(CS(C)(=O)=O)cs1. The van der Waals surface area contributed by atoms with Crippen LogP contribution in [0.25, 0.3) is 0 Å². The fourth-order valence-corrected chi connectivity index (χ4v) is 2.75. The zero-order valence-electron chi connectivity index (χ0n) is 8.52. The third-order valence-corrected chi connectivity index (χ3v) is 3.38. The molecule has 0 aliphatic heterocycles. The van der Waals surface area contributed by atoms with Gasteiger partial charge in [0.25, 0.3) is 0 Å². The standard InChI is InChI=1S/C9H12O4S2/c1-3-13-9(10)8-4-7(5-14-8)6-15(2,11)12/h4-5H,3,6H2,1-2H3. The monoisotopic (exact) mass is 248 g/mol. The fraction of sp³-hybridized carbons (Fsp3) is 0.444. The van der Waals surface area contributed by atoms with Gasteiger partial charge in [-0.1, -0.05) is 0 Å². The summed E-state index contributed by atoms with van der Waals surface area (Å²) < 4.78 is 26.8. The first-order chi connectivity index (χ1) is 6.92. The van der Waals surface area contributed by atoms with Gasteiger partial charge >= 0.3 is 5.97 Å². The van der Waals surface area contributed by atoms with Crippen molar-refractivity contribution >= 4 is 27.1 Å². The highest BCUT2D eigenvalue weighted by Crippen LogP contribution is 2.17. The van der Waals surface area contributed by atoms with Crippen LogP contribution in [0.1, 0.15) is 22.2 Å². The number of hydrogen-bond acceptors (Lipinski definition) is 5. The highest BCUT2D eigenvalue weighted by Gasteiger charge is 2.12. The average Bonchev–Trinajstić information content (AvgIpc) is 2.50. The van der Waals surface area contributed by atoms with Gasteiger partial charge < -0.3 is 4.74 Å². The summed E-state index contributed by atoms with van der Waals surface area (Å²) in [6, 6.07) is 1.56. The summed E-state index contributed by atoms with van der Waals surface area (Å²) in [5.41, 5.74) is 0.630. The van der Waals surface area contributed by atoms with Crippen LogP contribution in [0.3, 0.4) is 0 Å². The molecule has 0 fully saturated rings. The predicted octanol–water partition coefficient (Wildman–Crippen LogP) is 1.47. The molecule has 0 atom stereocenters. The minimum Gasteiger partial charge on any atom is -0.462 e. The van der Waals surface area contributed by atoms with Crippen molar-refractivity contribution in [2.24, 2.45) is 0 Å². The summed E-state index contributed by atoms with van der Waals surface area (Å²) in [6.45, 7) is 2.04. The maximum Gasteiger partial charge on any atom is 0.348 e. The molecule has 0 saturated heterocycles. The number of carbonyl (C=O) groups excluding carboxylic acids is 1. The van der Waals surface area contributed by atoms with E-state index in [1.807, 2.05) is 0 Å². The van der Waals surface area contributed by atoms with Crippen molar-refractivity contribution in [1.29, 1.82) is 0 Å². The van der Waals surface area contributed by atoms with Crippen molar-refractivity contribution in [2.75, 3.05) is 12.9 Å². The largest absolute Gasteiger partial charge is 0.462 e. The maximum absolute atomic E-state index is 11.3. The van der Waals surface area contributed by atoms with Crippen LogP contribution in [-0.4, -0.2) is 27.2 Å². The van der Waals surface area contributed by atoms with Crippen LogP contribution < -0.4 is 0 Å². The molecule has 0 saturated carbocycles. The molecule has 1 rings (SSSR count). The zero-order valence-corrected chi connectivity index (χ0v) is 10.2. The van der Waals surface area contributed by atoms with Gasteiger partial charge in [-0.3, -0.25) is 0 Å².